The minimum atomic E-state index is 0.135. The van der Waals surface area contributed by atoms with Crippen molar-refractivity contribution in [3.63, 3.8) is 0 Å². The summed E-state index contributed by atoms with van der Waals surface area (Å²) in [5.74, 6) is 1.72. The van der Waals surface area contributed by atoms with Gasteiger partial charge in [-0.2, -0.15) is 0 Å². The summed E-state index contributed by atoms with van der Waals surface area (Å²) >= 11 is 1.77. The number of aryl methyl sites for hydroxylation is 2. The van der Waals surface area contributed by atoms with Gasteiger partial charge in [-0.05, 0) is 40.9 Å². The van der Waals surface area contributed by atoms with Crippen LogP contribution in [0.15, 0.2) is 29.3 Å². The molecule has 0 bridgehead atoms. The normalized spacial score (nSPS) is 12.9. The molecule has 1 heterocycles. The van der Waals surface area contributed by atoms with Gasteiger partial charge in [0.2, 0.25) is 0 Å². The summed E-state index contributed by atoms with van der Waals surface area (Å²) in [5, 5.41) is 7.93. The van der Waals surface area contributed by atoms with E-state index in [0.717, 1.165) is 42.5 Å². The van der Waals surface area contributed by atoms with Gasteiger partial charge in [0.1, 0.15) is 5.75 Å². The van der Waals surface area contributed by atoms with E-state index in [2.05, 4.69) is 61.5 Å². The van der Waals surface area contributed by atoms with Crippen molar-refractivity contribution >= 4 is 17.3 Å². The van der Waals surface area contributed by atoms with Crippen LogP contribution in [-0.2, 0) is 6.42 Å². The number of aromatic nitrogens is 1. The first-order valence-electron chi connectivity index (χ1n) is 9.70. The molecule has 0 aliphatic carbocycles. The van der Waals surface area contributed by atoms with E-state index in [1.54, 1.807) is 18.4 Å². The van der Waals surface area contributed by atoms with Crippen LogP contribution in [0.2, 0.25) is 0 Å². The van der Waals surface area contributed by atoms with Crippen molar-refractivity contribution < 1.29 is 4.74 Å². The summed E-state index contributed by atoms with van der Waals surface area (Å²) < 4.78 is 5.54. The Kier molecular flexibility index (Phi) is 8.73. The van der Waals surface area contributed by atoms with Crippen LogP contribution in [0.25, 0.3) is 0 Å². The Morgan fingerprint density at radius 1 is 1.25 bits per heavy atom. The topological polar surface area (TPSA) is 61.8 Å². The zero-order chi connectivity index (χ0) is 20.5. The molecule has 2 rings (SSSR count). The predicted molar refractivity (Wildman–Crippen MR) is 119 cm³/mol. The Hall–Kier alpha value is -2.12. The molecule has 0 aliphatic heterocycles. The van der Waals surface area contributed by atoms with E-state index in [0.29, 0.717) is 6.54 Å². The molecule has 2 N–H and O–H groups in total. The van der Waals surface area contributed by atoms with E-state index in [1.807, 2.05) is 18.2 Å². The van der Waals surface area contributed by atoms with Crippen LogP contribution in [-0.4, -0.2) is 56.7 Å². The Morgan fingerprint density at radius 2 is 2.00 bits per heavy atom. The van der Waals surface area contributed by atoms with Gasteiger partial charge in [-0.25, -0.2) is 4.98 Å². The highest BCUT2D eigenvalue weighted by atomic mass is 32.1. The lowest BCUT2D eigenvalue weighted by Gasteiger charge is -2.25. The smallest absolute Gasteiger partial charge is 0.191 e. The van der Waals surface area contributed by atoms with Gasteiger partial charge < -0.3 is 20.3 Å². The summed E-state index contributed by atoms with van der Waals surface area (Å²) in [6.45, 7) is 8.52. The second-order valence-electron chi connectivity index (χ2n) is 6.87. The fourth-order valence-electron chi connectivity index (χ4n) is 2.93. The quantitative estimate of drug-likeness (QED) is 0.497. The van der Waals surface area contributed by atoms with Crippen molar-refractivity contribution in [3.05, 3.63) is 45.4 Å². The van der Waals surface area contributed by atoms with E-state index in [1.165, 1.54) is 9.88 Å². The fraction of sp³-hybridized carbons (Fsp3) is 0.524. The highest BCUT2D eigenvalue weighted by Crippen LogP contribution is 2.28. The van der Waals surface area contributed by atoms with Gasteiger partial charge in [0, 0.05) is 30.0 Å². The van der Waals surface area contributed by atoms with Gasteiger partial charge in [-0.15, -0.1) is 11.3 Å². The van der Waals surface area contributed by atoms with E-state index in [9.17, 15) is 0 Å². The summed E-state index contributed by atoms with van der Waals surface area (Å²) in [6, 6.07) is 8.27. The Morgan fingerprint density at radius 3 is 2.61 bits per heavy atom. The summed E-state index contributed by atoms with van der Waals surface area (Å²) in [4.78, 5) is 12.9. The van der Waals surface area contributed by atoms with Gasteiger partial charge in [0.05, 0.1) is 30.4 Å². The van der Waals surface area contributed by atoms with Crippen LogP contribution in [0.5, 0.6) is 5.75 Å². The van der Waals surface area contributed by atoms with E-state index in [-0.39, 0.29) is 6.04 Å². The van der Waals surface area contributed by atoms with Crippen LogP contribution >= 0.6 is 11.3 Å². The average Bonchev–Trinajstić information content (AvgIpc) is 2.99. The molecular formula is C21H33N5OS. The summed E-state index contributed by atoms with van der Waals surface area (Å²) in [6.07, 6.45) is 0.896. The van der Waals surface area contributed by atoms with Crippen molar-refractivity contribution in [1.29, 1.82) is 0 Å². The molecule has 2 aromatic rings. The van der Waals surface area contributed by atoms with Crippen LogP contribution in [0.4, 0.5) is 0 Å². The molecule has 154 valence electrons. The maximum absolute atomic E-state index is 5.54. The molecule has 0 saturated heterocycles. The molecular weight excluding hydrogens is 370 g/mol. The standard InChI is InChI=1S/C21H33N5OS/c1-7-22-21(23-13-12-20-25-15(2)16(3)28-20)24-14-18(26(4)5)17-10-8-9-11-19(17)27-6/h8-11,18H,7,12-14H2,1-6H3,(H2,22,23,24). The lowest BCUT2D eigenvalue weighted by atomic mass is 10.0. The minimum Gasteiger partial charge on any atom is -0.496 e. The summed E-state index contributed by atoms with van der Waals surface area (Å²) in [7, 11) is 5.85. The second kappa shape index (κ2) is 11.0. The number of nitrogens with one attached hydrogen (secondary N) is 2. The van der Waals surface area contributed by atoms with Gasteiger partial charge in [-0.3, -0.25) is 4.99 Å². The molecule has 7 heteroatoms. The number of benzene rings is 1. The van der Waals surface area contributed by atoms with Gasteiger partial charge in [-0.1, -0.05) is 18.2 Å². The molecule has 0 aliphatic rings. The maximum atomic E-state index is 5.54. The molecule has 6 nitrogen and oxygen atoms in total. The number of thiazole rings is 1. The minimum absolute atomic E-state index is 0.135. The van der Waals surface area contributed by atoms with Crippen molar-refractivity contribution in [1.82, 2.24) is 20.5 Å². The van der Waals surface area contributed by atoms with Crippen LogP contribution in [0.3, 0.4) is 0 Å². The Bertz CT molecular complexity index is 752. The zero-order valence-corrected chi connectivity index (χ0v) is 18.7. The first-order valence-corrected chi connectivity index (χ1v) is 10.5. The molecule has 28 heavy (non-hydrogen) atoms. The van der Waals surface area contributed by atoms with Crippen LogP contribution < -0.4 is 15.4 Å². The van der Waals surface area contributed by atoms with E-state index in [4.69, 9.17) is 9.73 Å². The van der Waals surface area contributed by atoms with Crippen LogP contribution in [0.1, 0.15) is 34.1 Å². The van der Waals surface area contributed by atoms with E-state index >= 15 is 0 Å². The number of nitrogens with zero attached hydrogens (tertiary/aromatic N) is 3. The third kappa shape index (κ3) is 6.21. The van der Waals surface area contributed by atoms with Gasteiger partial charge >= 0.3 is 0 Å². The molecule has 0 amide bonds. The number of likely N-dealkylation sites (N-methyl/N-ethyl adjacent to an activating group) is 1. The highest BCUT2D eigenvalue weighted by molar-refractivity contribution is 7.11. The maximum Gasteiger partial charge on any atom is 0.191 e. The van der Waals surface area contributed by atoms with Crippen molar-refractivity contribution in [3.8, 4) is 5.75 Å². The molecule has 1 aromatic carbocycles. The van der Waals surface area contributed by atoms with E-state index < -0.39 is 0 Å². The van der Waals surface area contributed by atoms with Crippen LogP contribution in [0, 0.1) is 13.8 Å². The molecule has 0 radical (unpaired) electrons. The van der Waals surface area contributed by atoms with Gasteiger partial charge in [0.15, 0.2) is 5.96 Å². The number of hydrogen-bond acceptors (Lipinski definition) is 5. The lowest BCUT2D eigenvalue weighted by molar-refractivity contribution is 0.295. The number of rotatable bonds is 9. The Labute approximate surface area is 173 Å². The van der Waals surface area contributed by atoms with Crippen molar-refractivity contribution in [2.24, 2.45) is 4.99 Å². The number of para-hydroxylation sites is 1. The van der Waals surface area contributed by atoms with Gasteiger partial charge in [0.25, 0.3) is 0 Å². The number of hydrogen-bond donors (Lipinski definition) is 2. The fourth-order valence-corrected chi connectivity index (χ4v) is 3.87. The second-order valence-corrected chi connectivity index (χ2v) is 8.15. The summed E-state index contributed by atoms with van der Waals surface area (Å²) in [5.41, 5.74) is 2.27. The molecule has 0 fully saturated rings. The number of guanidine groups is 1. The first-order chi connectivity index (χ1) is 13.5. The number of aliphatic imine (C=N–C) groups is 1. The number of methoxy groups -OCH3 is 1. The molecule has 1 atom stereocenters. The highest BCUT2D eigenvalue weighted by Gasteiger charge is 2.18. The Balaban J connectivity index is 2.04. The lowest BCUT2D eigenvalue weighted by Crippen LogP contribution is -2.39. The average molecular weight is 404 g/mol. The third-order valence-corrected chi connectivity index (χ3v) is 5.72. The molecule has 0 spiro atoms. The molecule has 1 aromatic heterocycles. The monoisotopic (exact) mass is 403 g/mol. The first kappa shape index (κ1) is 22.2. The number of ether oxygens (including phenoxy) is 1. The van der Waals surface area contributed by atoms with Crippen molar-refractivity contribution in [2.75, 3.05) is 40.8 Å². The molecule has 1 unspecified atom stereocenters. The predicted octanol–water partition coefficient (Wildman–Crippen LogP) is 3.17. The zero-order valence-electron chi connectivity index (χ0n) is 17.9. The third-order valence-electron chi connectivity index (χ3n) is 4.59. The molecule has 0 saturated carbocycles. The SMILES string of the molecule is CCNC(=NCC(c1ccccc1OC)N(C)C)NCCc1nc(C)c(C)s1. The largest absolute Gasteiger partial charge is 0.496 e. The van der Waals surface area contributed by atoms with Crippen molar-refractivity contribution in [2.45, 2.75) is 33.2 Å².